The van der Waals surface area contributed by atoms with E-state index < -0.39 is 0 Å². The molecule has 1 amide bonds. The zero-order chi connectivity index (χ0) is 14.6. The SMILES string of the molecule is Cc1cc(C)c(C(=O)N(CCCO)C(C)C)c(=O)[nH]1. The van der Waals surface area contributed by atoms with Crippen LogP contribution < -0.4 is 5.56 Å². The molecule has 0 bridgehead atoms. The van der Waals surface area contributed by atoms with E-state index in [2.05, 4.69) is 4.98 Å². The molecule has 0 aliphatic rings. The Morgan fingerprint density at radius 2 is 2.05 bits per heavy atom. The molecule has 2 N–H and O–H groups in total. The summed E-state index contributed by atoms with van der Waals surface area (Å²) in [4.78, 5) is 28.7. The Bertz CT molecular complexity index is 506. The minimum Gasteiger partial charge on any atom is -0.396 e. The quantitative estimate of drug-likeness (QED) is 0.841. The third-order valence-electron chi connectivity index (χ3n) is 3.02. The van der Waals surface area contributed by atoms with Crippen molar-refractivity contribution in [2.45, 2.75) is 40.2 Å². The summed E-state index contributed by atoms with van der Waals surface area (Å²) in [6, 6.07) is 1.78. The maximum absolute atomic E-state index is 12.5. The van der Waals surface area contributed by atoms with Gasteiger partial charge in [-0.15, -0.1) is 0 Å². The van der Waals surface area contributed by atoms with Gasteiger partial charge in [0.1, 0.15) is 5.56 Å². The van der Waals surface area contributed by atoms with Crippen LogP contribution in [0.2, 0.25) is 0 Å². The van der Waals surface area contributed by atoms with Gasteiger partial charge in [-0.25, -0.2) is 0 Å². The second-order valence-corrected chi connectivity index (χ2v) is 5.01. The fourth-order valence-corrected chi connectivity index (χ4v) is 2.10. The minimum atomic E-state index is -0.350. The summed E-state index contributed by atoms with van der Waals surface area (Å²) in [6.07, 6.45) is 0.507. The number of hydrogen-bond acceptors (Lipinski definition) is 3. The van der Waals surface area contributed by atoms with Crippen molar-refractivity contribution >= 4 is 5.91 Å². The molecule has 0 spiro atoms. The standard InChI is InChI=1S/C14H22N2O3/c1-9(2)16(6-5-7-17)14(19)12-10(3)8-11(4)15-13(12)18/h8-9,17H,5-7H2,1-4H3,(H,15,18). The zero-order valence-corrected chi connectivity index (χ0v) is 12.0. The summed E-state index contributed by atoms with van der Waals surface area (Å²) in [5.41, 5.74) is 1.26. The number of aryl methyl sites for hydroxylation is 2. The van der Waals surface area contributed by atoms with Gasteiger partial charge in [0, 0.05) is 24.9 Å². The van der Waals surface area contributed by atoms with Gasteiger partial charge in [-0.1, -0.05) is 0 Å². The average Bonchev–Trinajstić information content (AvgIpc) is 2.27. The average molecular weight is 266 g/mol. The maximum Gasteiger partial charge on any atom is 0.261 e. The van der Waals surface area contributed by atoms with Crippen LogP contribution >= 0.6 is 0 Å². The van der Waals surface area contributed by atoms with E-state index in [1.807, 2.05) is 13.8 Å². The number of carbonyl (C=O) groups is 1. The van der Waals surface area contributed by atoms with Crippen LogP contribution in [0.4, 0.5) is 0 Å². The van der Waals surface area contributed by atoms with E-state index in [0.717, 1.165) is 5.69 Å². The molecule has 1 aromatic heterocycles. The summed E-state index contributed by atoms with van der Waals surface area (Å²) in [5, 5.41) is 8.89. The van der Waals surface area contributed by atoms with Crippen LogP contribution in [-0.4, -0.2) is 40.1 Å². The number of amides is 1. The number of pyridine rings is 1. The molecule has 0 aromatic carbocycles. The second kappa shape index (κ2) is 6.52. The first-order chi connectivity index (χ1) is 8.88. The summed E-state index contributed by atoms with van der Waals surface area (Å²) in [6.45, 7) is 7.81. The first-order valence-corrected chi connectivity index (χ1v) is 6.50. The Morgan fingerprint density at radius 3 is 2.53 bits per heavy atom. The van der Waals surface area contributed by atoms with E-state index in [9.17, 15) is 9.59 Å². The van der Waals surface area contributed by atoms with Crippen molar-refractivity contribution in [2.75, 3.05) is 13.2 Å². The van der Waals surface area contributed by atoms with Gasteiger partial charge in [-0.2, -0.15) is 0 Å². The van der Waals surface area contributed by atoms with Crippen molar-refractivity contribution in [1.82, 2.24) is 9.88 Å². The topological polar surface area (TPSA) is 73.4 Å². The number of rotatable bonds is 5. The fraction of sp³-hybridized carbons (Fsp3) is 0.571. The van der Waals surface area contributed by atoms with Gasteiger partial charge < -0.3 is 15.0 Å². The number of aliphatic hydroxyl groups is 1. The van der Waals surface area contributed by atoms with Crippen LogP contribution in [0.1, 0.15) is 41.9 Å². The van der Waals surface area contributed by atoms with Gasteiger partial charge in [0.15, 0.2) is 0 Å². The highest BCUT2D eigenvalue weighted by Crippen LogP contribution is 2.10. The number of hydrogen-bond donors (Lipinski definition) is 2. The van der Waals surface area contributed by atoms with Gasteiger partial charge in [0.2, 0.25) is 0 Å². The van der Waals surface area contributed by atoms with Crippen molar-refractivity contribution in [2.24, 2.45) is 0 Å². The molecule has 0 fully saturated rings. The second-order valence-electron chi connectivity index (χ2n) is 5.01. The highest BCUT2D eigenvalue weighted by atomic mass is 16.3. The van der Waals surface area contributed by atoms with Crippen LogP contribution in [0.25, 0.3) is 0 Å². The summed E-state index contributed by atoms with van der Waals surface area (Å²) in [5.74, 6) is -0.276. The molecule has 0 saturated carbocycles. The van der Waals surface area contributed by atoms with Crippen LogP contribution in [0.5, 0.6) is 0 Å². The molecule has 19 heavy (non-hydrogen) atoms. The molecule has 1 rings (SSSR count). The van der Waals surface area contributed by atoms with Gasteiger partial charge in [-0.05, 0) is 45.7 Å². The Kier molecular flexibility index (Phi) is 5.30. The van der Waals surface area contributed by atoms with Crippen molar-refractivity contribution in [3.8, 4) is 0 Å². The van der Waals surface area contributed by atoms with E-state index in [1.54, 1.807) is 24.8 Å². The molecule has 0 unspecified atom stereocenters. The molecule has 0 aliphatic heterocycles. The molecule has 5 nitrogen and oxygen atoms in total. The first-order valence-electron chi connectivity index (χ1n) is 6.50. The van der Waals surface area contributed by atoms with E-state index in [0.29, 0.717) is 18.5 Å². The molecular weight excluding hydrogens is 244 g/mol. The lowest BCUT2D eigenvalue weighted by atomic mass is 10.1. The van der Waals surface area contributed by atoms with E-state index in [-0.39, 0.29) is 29.7 Å². The lowest BCUT2D eigenvalue weighted by Gasteiger charge is -2.26. The molecule has 0 radical (unpaired) electrons. The predicted octanol–water partition coefficient (Wildman–Crippen LogP) is 1.22. The van der Waals surface area contributed by atoms with E-state index in [1.165, 1.54) is 0 Å². The Morgan fingerprint density at radius 1 is 1.42 bits per heavy atom. The minimum absolute atomic E-state index is 0.0147. The Hall–Kier alpha value is -1.62. The fourth-order valence-electron chi connectivity index (χ4n) is 2.10. The monoisotopic (exact) mass is 266 g/mol. The van der Waals surface area contributed by atoms with Gasteiger partial charge in [0.05, 0.1) is 0 Å². The lowest BCUT2D eigenvalue weighted by molar-refractivity contribution is 0.0690. The largest absolute Gasteiger partial charge is 0.396 e. The van der Waals surface area contributed by atoms with Crippen LogP contribution in [-0.2, 0) is 0 Å². The van der Waals surface area contributed by atoms with Gasteiger partial charge in [0.25, 0.3) is 11.5 Å². The highest BCUT2D eigenvalue weighted by molar-refractivity contribution is 5.95. The predicted molar refractivity (Wildman–Crippen MR) is 74.4 cm³/mol. The molecule has 5 heteroatoms. The lowest BCUT2D eigenvalue weighted by Crippen LogP contribution is -2.41. The number of aliphatic hydroxyl groups excluding tert-OH is 1. The molecular formula is C14H22N2O3. The van der Waals surface area contributed by atoms with Crippen molar-refractivity contribution in [1.29, 1.82) is 0 Å². The van der Waals surface area contributed by atoms with Crippen molar-refractivity contribution in [3.05, 3.63) is 33.2 Å². The molecule has 0 aliphatic carbocycles. The Balaban J connectivity index is 3.13. The van der Waals surface area contributed by atoms with Gasteiger partial charge >= 0.3 is 0 Å². The number of nitrogens with zero attached hydrogens (tertiary/aromatic N) is 1. The molecule has 0 saturated heterocycles. The molecule has 106 valence electrons. The number of H-pyrrole nitrogens is 1. The molecule has 0 atom stereocenters. The van der Waals surface area contributed by atoms with Crippen LogP contribution in [0, 0.1) is 13.8 Å². The summed E-state index contributed by atoms with van der Waals surface area (Å²) < 4.78 is 0. The molecule has 1 heterocycles. The summed E-state index contributed by atoms with van der Waals surface area (Å²) >= 11 is 0. The van der Waals surface area contributed by atoms with Crippen molar-refractivity contribution < 1.29 is 9.90 Å². The molecule has 1 aromatic rings. The van der Waals surface area contributed by atoms with Crippen molar-refractivity contribution in [3.63, 3.8) is 0 Å². The third-order valence-corrected chi connectivity index (χ3v) is 3.02. The number of aromatic amines is 1. The van der Waals surface area contributed by atoms with Gasteiger partial charge in [-0.3, -0.25) is 9.59 Å². The third kappa shape index (κ3) is 3.67. The van der Waals surface area contributed by atoms with E-state index in [4.69, 9.17) is 5.11 Å². The highest BCUT2D eigenvalue weighted by Gasteiger charge is 2.22. The normalized spacial score (nSPS) is 10.8. The number of aromatic nitrogens is 1. The van der Waals surface area contributed by atoms with Crippen LogP contribution in [0.15, 0.2) is 10.9 Å². The maximum atomic E-state index is 12.5. The van der Waals surface area contributed by atoms with Crippen LogP contribution in [0.3, 0.4) is 0 Å². The Labute approximate surface area is 113 Å². The van der Waals surface area contributed by atoms with E-state index >= 15 is 0 Å². The first kappa shape index (κ1) is 15.4. The zero-order valence-electron chi connectivity index (χ0n) is 12.0. The smallest absolute Gasteiger partial charge is 0.261 e. The summed E-state index contributed by atoms with van der Waals surface area (Å²) in [7, 11) is 0. The number of nitrogens with one attached hydrogen (secondary N) is 1. The number of carbonyl (C=O) groups excluding carboxylic acids is 1.